The molecule has 0 unspecified atom stereocenters. The Labute approximate surface area is 212 Å². The maximum absolute atomic E-state index is 11.9. The monoisotopic (exact) mass is 496 g/mol. The Morgan fingerprint density at radius 3 is 2.60 bits per heavy atom. The first-order valence-electron chi connectivity index (χ1n) is 11.5. The maximum Gasteiger partial charge on any atom is 0.271 e. The molecule has 1 aromatic carbocycles. The number of benzene rings is 1. The second kappa shape index (κ2) is 11.5. The molecule has 1 saturated heterocycles. The smallest absolute Gasteiger partial charge is 0.271 e. The van der Waals surface area contributed by atoms with Crippen LogP contribution in [0.1, 0.15) is 63.0 Å². The van der Waals surface area contributed by atoms with Crippen LogP contribution in [0.4, 0.5) is 17.3 Å². The number of aromatic nitrogens is 4. The number of carbonyl (C=O) groups excluding carboxylic acids is 1. The molecule has 0 aliphatic carbocycles. The molecule has 35 heavy (non-hydrogen) atoms. The lowest BCUT2D eigenvalue weighted by atomic mass is 9.98. The van der Waals surface area contributed by atoms with Gasteiger partial charge in [0, 0.05) is 36.8 Å². The minimum absolute atomic E-state index is 0. The van der Waals surface area contributed by atoms with Crippen molar-refractivity contribution >= 4 is 35.2 Å². The zero-order chi connectivity index (χ0) is 24.2. The summed E-state index contributed by atoms with van der Waals surface area (Å²) in [7, 11) is 1.82. The summed E-state index contributed by atoms with van der Waals surface area (Å²) in [5, 5.41) is 7.28. The molecule has 4 rings (SSSR count). The summed E-state index contributed by atoms with van der Waals surface area (Å²) in [6.07, 6.45) is 7.19. The summed E-state index contributed by atoms with van der Waals surface area (Å²) < 4.78 is 5.32. The molecule has 0 bridgehead atoms. The molecular weight excluding hydrogens is 460 g/mol. The highest BCUT2D eigenvalue weighted by atomic mass is 32.2. The number of carbonyl (C=O) groups is 1. The van der Waals surface area contributed by atoms with Gasteiger partial charge in [-0.1, -0.05) is 33.4 Å². The van der Waals surface area contributed by atoms with Crippen LogP contribution in [0.25, 0.3) is 0 Å². The van der Waals surface area contributed by atoms with Gasteiger partial charge in [-0.3, -0.25) is 14.2 Å². The number of amides is 1. The summed E-state index contributed by atoms with van der Waals surface area (Å²) >= 11 is 1.67. The van der Waals surface area contributed by atoms with E-state index in [0.29, 0.717) is 23.2 Å². The number of hydrogen-bond acceptors (Lipinski definition) is 8. The Balaban J connectivity index is 0.00000342. The van der Waals surface area contributed by atoms with Gasteiger partial charge < -0.3 is 16.0 Å². The number of hydrogen-bond donors (Lipinski definition) is 3. The fraction of sp³-hybridized carbons (Fsp3) is 0.440. The predicted octanol–water partition coefficient (Wildman–Crippen LogP) is 4.47. The Morgan fingerprint density at radius 2 is 1.97 bits per heavy atom. The summed E-state index contributed by atoms with van der Waals surface area (Å²) in [6, 6.07) is 9.19. The third kappa shape index (κ3) is 6.32. The fourth-order valence-electron chi connectivity index (χ4n) is 4.10. The topological polar surface area (TPSA) is 114 Å². The number of nitrogens with two attached hydrogens (primary N) is 1. The number of nitrogens with zero attached hydrogens (tertiary/aromatic N) is 5. The van der Waals surface area contributed by atoms with Crippen LogP contribution in [-0.2, 0) is 7.05 Å². The molecule has 9 nitrogen and oxygen atoms in total. The van der Waals surface area contributed by atoms with Crippen LogP contribution in [-0.4, -0.2) is 44.3 Å². The van der Waals surface area contributed by atoms with Crippen molar-refractivity contribution in [1.29, 1.82) is 0 Å². The number of piperidine rings is 1. The summed E-state index contributed by atoms with van der Waals surface area (Å²) in [5.74, 6) is 0.941. The van der Waals surface area contributed by atoms with Crippen LogP contribution < -0.4 is 20.7 Å². The van der Waals surface area contributed by atoms with E-state index < -0.39 is 5.91 Å². The Hall–Kier alpha value is -3.11. The predicted molar refractivity (Wildman–Crippen MR) is 143 cm³/mol. The highest BCUT2D eigenvalue weighted by Gasteiger charge is 2.30. The lowest BCUT2D eigenvalue weighted by molar-refractivity contribution is 0.0996. The van der Waals surface area contributed by atoms with Gasteiger partial charge in [-0.15, -0.1) is 0 Å². The quantitative estimate of drug-likeness (QED) is 0.392. The molecule has 1 amide bonds. The van der Waals surface area contributed by atoms with E-state index in [0.717, 1.165) is 19.4 Å². The first kappa shape index (κ1) is 26.5. The molecule has 1 aliphatic rings. The van der Waals surface area contributed by atoms with Crippen molar-refractivity contribution in [2.24, 2.45) is 12.8 Å². The Bertz CT molecular complexity index is 1130. The number of nitrogens with one attached hydrogen (secondary N) is 2. The summed E-state index contributed by atoms with van der Waals surface area (Å²) in [6.45, 7) is 7.46. The lowest BCUT2D eigenvalue weighted by Crippen LogP contribution is -2.51. The van der Waals surface area contributed by atoms with E-state index in [4.69, 9.17) is 10.7 Å². The highest BCUT2D eigenvalue weighted by molar-refractivity contribution is 7.97. The molecule has 0 saturated carbocycles. The molecule has 10 heteroatoms. The van der Waals surface area contributed by atoms with Gasteiger partial charge in [0.15, 0.2) is 11.5 Å². The van der Waals surface area contributed by atoms with Gasteiger partial charge in [-0.05, 0) is 55.3 Å². The van der Waals surface area contributed by atoms with Gasteiger partial charge in [-0.25, -0.2) is 9.97 Å². The summed E-state index contributed by atoms with van der Waals surface area (Å²) in [4.78, 5) is 24.4. The van der Waals surface area contributed by atoms with Crippen LogP contribution in [0, 0.1) is 0 Å². The molecule has 1 fully saturated rings. The normalized spacial score (nSPS) is 17.8. The van der Waals surface area contributed by atoms with Crippen molar-refractivity contribution in [3.63, 3.8) is 0 Å². The minimum atomic E-state index is -0.628. The van der Waals surface area contributed by atoms with E-state index in [1.165, 1.54) is 10.5 Å². The molecule has 3 aromatic rings. The van der Waals surface area contributed by atoms with E-state index in [2.05, 4.69) is 70.1 Å². The molecule has 3 heterocycles. The average Bonchev–Trinajstić information content (AvgIpc) is 3.23. The fourth-order valence-corrected chi connectivity index (χ4v) is 4.97. The SMILES string of the molecule is C.CC(C)c1ccc(SN[C@@H]2CCCN(c3cnc(C(N)=O)c(Nc4cnn(C)c4)n3)[C@@H]2C)cc1. The van der Waals surface area contributed by atoms with E-state index >= 15 is 0 Å². The first-order valence-corrected chi connectivity index (χ1v) is 12.3. The van der Waals surface area contributed by atoms with Crippen LogP contribution in [0.2, 0.25) is 0 Å². The van der Waals surface area contributed by atoms with Crippen LogP contribution in [0.3, 0.4) is 0 Å². The largest absolute Gasteiger partial charge is 0.364 e. The Kier molecular flexibility index (Phi) is 8.74. The van der Waals surface area contributed by atoms with Crippen LogP contribution in [0.15, 0.2) is 47.8 Å². The molecule has 2 atom stereocenters. The molecule has 4 N–H and O–H groups in total. The van der Waals surface area contributed by atoms with Crippen molar-refractivity contribution < 1.29 is 4.79 Å². The highest BCUT2D eigenvalue weighted by Crippen LogP contribution is 2.28. The molecule has 1 aliphatic heterocycles. The third-order valence-corrected chi connectivity index (χ3v) is 7.05. The zero-order valence-electron chi connectivity index (χ0n) is 20.0. The molecule has 188 valence electrons. The molecule has 0 radical (unpaired) electrons. The van der Waals surface area contributed by atoms with E-state index in [-0.39, 0.29) is 25.2 Å². The third-order valence-electron chi connectivity index (χ3n) is 6.12. The zero-order valence-corrected chi connectivity index (χ0v) is 20.8. The lowest BCUT2D eigenvalue weighted by Gasteiger charge is -2.40. The van der Waals surface area contributed by atoms with Gasteiger partial charge in [0.05, 0.1) is 18.1 Å². The van der Waals surface area contributed by atoms with E-state index in [1.807, 2.05) is 7.05 Å². The van der Waals surface area contributed by atoms with E-state index in [9.17, 15) is 4.79 Å². The van der Waals surface area contributed by atoms with Crippen LogP contribution in [0.5, 0.6) is 0 Å². The Morgan fingerprint density at radius 1 is 1.23 bits per heavy atom. The molecular formula is C25H36N8OS. The van der Waals surface area contributed by atoms with E-state index in [1.54, 1.807) is 35.2 Å². The molecule has 2 aromatic heterocycles. The van der Waals surface area contributed by atoms with Gasteiger partial charge in [0.1, 0.15) is 5.82 Å². The van der Waals surface area contributed by atoms with Gasteiger partial charge in [-0.2, -0.15) is 5.10 Å². The maximum atomic E-state index is 11.9. The standard InChI is InChI=1S/C24H32N8OS.CH4/c1-15(2)17-7-9-19(10-8-17)34-30-20-6-5-11-32(16(20)3)21-13-26-22(23(25)33)24(29-21)28-18-12-27-31(4)14-18;/h7-10,12-16,20,30H,5-6,11H2,1-4H3,(H2,25,33)(H,28,29);1H4/t16-,20-;/m1./s1. The van der Waals surface area contributed by atoms with Gasteiger partial charge in [0.25, 0.3) is 5.91 Å². The second-order valence-electron chi connectivity index (χ2n) is 8.94. The van der Waals surface area contributed by atoms with Gasteiger partial charge >= 0.3 is 0 Å². The van der Waals surface area contributed by atoms with Crippen molar-refractivity contribution in [2.45, 2.75) is 63.9 Å². The average molecular weight is 497 g/mol. The van der Waals surface area contributed by atoms with Gasteiger partial charge in [0.2, 0.25) is 0 Å². The number of primary amides is 1. The van der Waals surface area contributed by atoms with Crippen molar-refractivity contribution in [1.82, 2.24) is 24.5 Å². The first-order chi connectivity index (χ1) is 16.3. The molecule has 0 spiro atoms. The minimum Gasteiger partial charge on any atom is -0.364 e. The number of anilines is 3. The van der Waals surface area contributed by atoms with Crippen molar-refractivity contribution in [3.8, 4) is 0 Å². The van der Waals surface area contributed by atoms with Crippen molar-refractivity contribution in [2.75, 3.05) is 16.8 Å². The number of aryl methyl sites for hydroxylation is 1. The summed E-state index contributed by atoms with van der Waals surface area (Å²) in [5.41, 5.74) is 7.70. The second-order valence-corrected chi connectivity index (χ2v) is 9.85. The van der Waals surface area contributed by atoms with Crippen LogP contribution >= 0.6 is 11.9 Å². The van der Waals surface area contributed by atoms with Crippen molar-refractivity contribution in [3.05, 3.63) is 54.1 Å². The number of rotatable bonds is 8.